The standard InChI is InChI=1S/C38H60N4O11/c1-24(2)28(17-26-13-14-32(49-8)34(19-26)50-16-10-15-48-7)20-31(39)33(21-30(25(3)4)35(43)41-23-38(5,6)36(40)44)53-37(45)52-29-12-9-11-27(18-29)22-51-42(46)47/h9,11-14,18-19,24-25,28,30-31,33,46-47H,10,15-17,20-23,39H2,1-8H3,(H2,40,44)(H,41,43). The highest BCUT2D eigenvalue weighted by Gasteiger charge is 2.35. The van der Waals surface area contributed by atoms with Gasteiger partial charge in [-0.1, -0.05) is 45.9 Å². The number of nitrogens with zero attached hydrogens (tertiary/aromatic N) is 1. The molecule has 2 aromatic carbocycles. The van der Waals surface area contributed by atoms with Crippen molar-refractivity contribution in [3.63, 3.8) is 0 Å². The molecule has 7 N–H and O–H groups in total. The van der Waals surface area contributed by atoms with E-state index < -0.39 is 40.9 Å². The second kappa shape index (κ2) is 22.3. The summed E-state index contributed by atoms with van der Waals surface area (Å²) in [6.07, 6.45) is -0.0740. The van der Waals surface area contributed by atoms with E-state index in [0.717, 1.165) is 12.0 Å². The summed E-state index contributed by atoms with van der Waals surface area (Å²) in [5.74, 6) is -0.103. The van der Waals surface area contributed by atoms with Crippen molar-refractivity contribution in [2.75, 3.05) is 34.0 Å². The molecule has 0 spiro atoms. The number of benzene rings is 2. The number of hydrogen-bond donors (Lipinski definition) is 5. The minimum absolute atomic E-state index is 0.0315. The van der Waals surface area contributed by atoms with E-state index in [4.69, 9.17) is 45.6 Å². The van der Waals surface area contributed by atoms with Crippen molar-refractivity contribution in [3.05, 3.63) is 53.6 Å². The lowest BCUT2D eigenvalue weighted by Gasteiger charge is -2.32. The SMILES string of the molecule is COCCCOc1cc(CC(CC(N)C(CC(C(=O)NCC(C)(C)C(N)=O)C(C)C)OC(=O)Oc2cccc(CON(O)O)c2)C(C)C)ccc1OC. The molecule has 0 fully saturated rings. The van der Waals surface area contributed by atoms with Crippen LogP contribution in [0.4, 0.5) is 4.79 Å². The zero-order valence-electron chi connectivity index (χ0n) is 32.3. The number of primary amides is 1. The molecule has 0 aliphatic rings. The molecule has 2 aromatic rings. The predicted molar refractivity (Wildman–Crippen MR) is 196 cm³/mol. The Morgan fingerprint density at radius 2 is 1.64 bits per heavy atom. The zero-order valence-corrected chi connectivity index (χ0v) is 32.3. The number of carbonyl (C=O) groups is 3. The molecule has 15 heteroatoms. The highest BCUT2D eigenvalue weighted by atomic mass is 17.1. The van der Waals surface area contributed by atoms with Crippen LogP contribution in [0.5, 0.6) is 17.2 Å². The molecule has 298 valence electrons. The lowest BCUT2D eigenvalue weighted by molar-refractivity contribution is -0.497. The maximum Gasteiger partial charge on any atom is 0.514 e. The maximum absolute atomic E-state index is 13.5. The van der Waals surface area contributed by atoms with Gasteiger partial charge in [0.1, 0.15) is 11.9 Å². The molecule has 2 rings (SSSR count). The molecule has 0 aliphatic heterocycles. The van der Waals surface area contributed by atoms with E-state index in [-0.39, 0.29) is 49.0 Å². The van der Waals surface area contributed by atoms with Gasteiger partial charge in [-0.2, -0.15) is 0 Å². The van der Waals surface area contributed by atoms with Gasteiger partial charge in [-0.3, -0.25) is 20.0 Å². The fourth-order valence-corrected chi connectivity index (χ4v) is 5.59. The number of rotatable bonds is 24. The first-order valence-corrected chi connectivity index (χ1v) is 17.9. The predicted octanol–water partition coefficient (Wildman–Crippen LogP) is 5.03. The molecule has 0 aliphatic carbocycles. The minimum Gasteiger partial charge on any atom is -0.493 e. The normalized spacial score (nSPS) is 14.1. The average Bonchev–Trinajstić information content (AvgIpc) is 3.09. The van der Waals surface area contributed by atoms with Crippen LogP contribution in [0.15, 0.2) is 42.5 Å². The van der Waals surface area contributed by atoms with Crippen LogP contribution in [0.25, 0.3) is 0 Å². The van der Waals surface area contributed by atoms with Crippen LogP contribution in [0, 0.1) is 29.1 Å². The molecule has 0 bridgehead atoms. The van der Waals surface area contributed by atoms with Crippen LogP contribution in [0.3, 0.4) is 0 Å². The van der Waals surface area contributed by atoms with Gasteiger partial charge in [0.05, 0.1) is 31.1 Å². The summed E-state index contributed by atoms with van der Waals surface area (Å²) in [5.41, 5.74) is 12.9. The Balaban J connectivity index is 2.34. The van der Waals surface area contributed by atoms with Crippen molar-refractivity contribution >= 4 is 18.0 Å². The molecular formula is C38H60N4O11. The quantitative estimate of drug-likeness (QED) is 0.0413. The Morgan fingerprint density at radius 3 is 2.25 bits per heavy atom. The van der Waals surface area contributed by atoms with E-state index in [9.17, 15) is 14.4 Å². The summed E-state index contributed by atoms with van der Waals surface area (Å²) in [5, 5.41) is 20.2. The van der Waals surface area contributed by atoms with E-state index >= 15 is 0 Å². The van der Waals surface area contributed by atoms with Crippen LogP contribution in [0.2, 0.25) is 0 Å². The molecule has 0 aromatic heterocycles. The number of carbonyl (C=O) groups excluding carboxylic acids is 3. The molecular weight excluding hydrogens is 688 g/mol. The molecule has 0 saturated heterocycles. The molecule has 15 nitrogen and oxygen atoms in total. The van der Waals surface area contributed by atoms with Crippen molar-refractivity contribution in [1.29, 1.82) is 0 Å². The van der Waals surface area contributed by atoms with E-state index in [1.807, 2.05) is 32.0 Å². The summed E-state index contributed by atoms with van der Waals surface area (Å²) in [6, 6.07) is 11.4. The number of ether oxygens (including phenoxy) is 5. The van der Waals surface area contributed by atoms with Gasteiger partial charge in [0.15, 0.2) is 11.5 Å². The molecule has 0 radical (unpaired) electrons. The van der Waals surface area contributed by atoms with Crippen molar-refractivity contribution in [3.8, 4) is 17.2 Å². The summed E-state index contributed by atoms with van der Waals surface area (Å²) in [4.78, 5) is 43.4. The molecule has 2 amide bonds. The van der Waals surface area contributed by atoms with Crippen LogP contribution < -0.4 is 31.0 Å². The highest BCUT2D eigenvalue weighted by molar-refractivity contribution is 5.83. The molecule has 4 unspecified atom stereocenters. The monoisotopic (exact) mass is 748 g/mol. The van der Waals surface area contributed by atoms with Gasteiger partial charge in [-0.05, 0) is 86.3 Å². The molecule has 0 saturated carbocycles. The first-order chi connectivity index (χ1) is 25.0. The fraction of sp³-hybridized carbons (Fsp3) is 0.605. The van der Waals surface area contributed by atoms with Gasteiger partial charge in [0, 0.05) is 38.6 Å². The third-order valence-electron chi connectivity index (χ3n) is 9.16. The number of amides is 2. The van der Waals surface area contributed by atoms with Gasteiger partial charge in [0.2, 0.25) is 11.8 Å². The van der Waals surface area contributed by atoms with Crippen molar-refractivity contribution < 1.29 is 53.3 Å². The van der Waals surface area contributed by atoms with Gasteiger partial charge in [-0.15, -0.1) is 0 Å². The summed E-state index contributed by atoms with van der Waals surface area (Å²) < 4.78 is 28.1. The van der Waals surface area contributed by atoms with Crippen LogP contribution in [-0.2, 0) is 36.9 Å². The Labute approximate surface area is 313 Å². The Bertz CT molecular complexity index is 1440. The smallest absolute Gasteiger partial charge is 0.493 e. The van der Waals surface area contributed by atoms with E-state index in [1.54, 1.807) is 40.2 Å². The number of nitrogens with two attached hydrogens (primary N) is 2. The Hall–Kier alpha value is -3.99. The lowest BCUT2D eigenvalue weighted by atomic mass is 9.80. The number of nitrogens with one attached hydrogen (secondary N) is 1. The third-order valence-corrected chi connectivity index (χ3v) is 9.16. The summed E-state index contributed by atoms with van der Waals surface area (Å²) in [6.45, 7) is 12.1. The number of methoxy groups -OCH3 is 2. The van der Waals surface area contributed by atoms with Crippen molar-refractivity contribution in [2.45, 2.75) is 86.0 Å². The summed E-state index contributed by atoms with van der Waals surface area (Å²) in [7, 11) is 3.23. The van der Waals surface area contributed by atoms with Gasteiger partial charge >= 0.3 is 6.16 Å². The maximum atomic E-state index is 13.5. The third kappa shape index (κ3) is 15.9. The average molecular weight is 749 g/mol. The fourth-order valence-electron chi connectivity index (χ4n) is 5.59. The molecule has 0 heterocycles. The Morgan fingerprint density at radius 1 is 0.925 bits per heavy atom. The van der Waals surface area contributed by atoms with Crippen molar-refractivity contribution in [1.82, 2.24) is 10.7 Å². The minimum atomic E-state index is -1.03. The van der Waals surface area contributed by atoms with Crippen LogP contribution in [0.1, 0.15) is 71.9 Å². The highest BCUT2D eigenvalue weighted by Crippen LogP contribution is 2.32. The first kappa shape index (κ1) is 45.2. The second-order valence-corrected chi connectivity index (χ2v) is 14.5. The largest absolute Gasteiger partial charge is 0.514 e. The second-order valence-electron chi connectivity index (χ2n) is 14.5. The first-order valence-electron chi connectivity index (χ1n) is 17.9. The van der Waals surface area contributed by atoms with Crippen LogP contribution >= 0.6 is 0 Å². The lowest BCUT2D eigenvalue weighted by Crippen LogP contribution is -2.47. The van der Waals surface area contributed by atoms with Crippen LogP contribution in [-0.4, -0.2) is 79.9 Å². The summed E-state index contributed by atoms with van der Waals surface area (Å²) >= 11 is 0. The molecule has 53 heavy (non-hydrogen) atoms. The van der Waals surface area contributed by atoms with Gasteiger partial charge in [-0.25, -0.2) is 9.63 Å². The van der Waals surface area contributed by atoms with E-state index in [2.05, 4.69) is 24.0 Å². The van der Waals surface area contributed by atoms with E-state index in [1.165, 1.54) is 12.1 Å². The van der Waals surface area contributed by atoms with E-state index in [0.29, 0.717) is 43.1 Å². The zero-order chi connectivity index (χ0) is 39.7. The van der Waals surface area contributed by atoms with Gasteiger partial charge in [0.25, 0.3) is 0 Å². The Kier molecular flexibility index (Phi) is 19.0. The van der Waals surface area contributed by atoms with Crippen molar-refractivity contribution in [2.24, 2.45) is 40.6 Å². The number of hydrogen-bond acceptors (Lipinski definition) is 13. The topological polar surface area (TPSA) is 214 Å². The molecule has 4 atom stereocenters. The van der Waals surface area contributed by atoms with Gasteiger partial charge < -0.3 is 40.5 Å².